The SMILES string of the molecule is CC(C)(C)c1ncc(C(=O)N2CCc3[nH]cnc3[C@H]2c2cc3c(F)cccc3o2)s1. The lowest BCUT2D eigenvalue weighted by molar-refractivity contribution is 0.0677. The van der Waals surface area contributed by atoms with Crippen LogP contribution in [-0.4, -0.2) is 32.3 Å². The number of hydrogen-bond donors (Lipinski definition) is 1. The van der Waals surface area contributed by atoms with Crippen molar-refractivity contribution in [2.75, 3.05) is 6.54 Å². The summed E-state index contributed by atoms with van der Waals surface area (Å²) < 4.78 is 20.3. The van der Waals surface area contributed by atoms with Crippen LogP contribution in [0.15, 0.2) is 41.2 Å². The molecule has 0 bridgehead atoms. The van der Waals surface area contributed by atoms with E-state index in [1.165, 1.54) is 17.4 Å². The molecule has 4 heterocycles. The largest absolute Gasteiger partial charge is 0.458 e. The molecule has 1 N–H and O–H groups in total. The van der Waals surface area contributed by atoms with E-state index in [1.807, 2.05) is 0 Å². The molecule has 1 aliphatic rings. The molecular weight excluding hydrogens is 403 g/mol. The number of furan rings is 1. The number of carbonyl (C=O) groups excluding carboxylic acids is 1. The van der Waals surface area contributed by atoms with Gasteiger partial charge < -0.3 is 14.3 Å². The summed E-state index contributed by atoms with van der Waals surface area (Å²) in [5.41, 5.74) is 2.02. The molecule has 5 rings (SSSR count). The van der Waals surface area contributed by atoms with Gasteiger partial charge in [0.1, 0.15) is 28.1 Å². The number of aromatic amines is 1. The van der Waals surface area contributed by atoms with Gasteiger partial charge in [0.15, 0.2) is 0 Å². The number of rotatable bonds is 2. The number of fused-ring (bicyclic) bond motifs is 2. The van der Waals surface area contributed by atoms with Gasteiger partial charge in [0.05, 0.1) is 28.6 Å². The highest BCUT2D eigenvalue weighted by atomic mass is 32.1. The van der Waals surface area contributed by atoms with E-state index < -0.39 is 6.04 Å². The van der Waals surface area contributed by atoms with Crippen LogP contribution < -0.4 is 0 Å². The highest BCUT2D eigenvalue weighted by Gasteiger charge is 2.37. The fourth-order valence-corrected chi connectivity index (χ4v) is 4.75. The zero-order valence-electron chi connectivity index (χ0n) is 16.9. The van der Waals surface area contributed by atoms with E-state index in [2.05, 4.69) is 35.7 Å². The van der Waals surface area contributed by atoms with Crippen LogP contribution in [0, 0.1) is 5.82 Å². The van der Waals surface area contributed by atoms with Crippen molar-refractivity contribution in [1.82, 2.24) is 19.9 Å². The highest BCUT2D eigenvalue weighted by Crippen LogP contribution is 2.38. The number of H-pyrrole nitrogens is 1. The first kappa shape index (κ1) is 19.0. The van der Waals surface area contributed by atoms with Crippen molar-refractivity contribution >= 4 is 28.2 Å². The van der Waals surface area contributed by atoms with Crippen LogP contribution in [0.25, 0.3) is 11.0 Å². The van der Waals surface area contributed by atoms with E-state index in [0.717, 1.165) is 16.4 Å². The number of thiazole rings is 1. The predicted molar refractivity (Wildman–Crippen MR) is 112 cm³/mol. The Morgan fingerprint density at radius 1 is 1.33 bits per heavy atom. The summed E-state index contributed by atoms with van der Waals surface area (Å²) in [6.45, 7) is 6.72. The first-order valence-corrected chi connectivity index (χ1v) is 10.6. The van der Waals surface area contributed by atoms with Gasteiger partial charge in [-0.3, -0.25) is 4.79 Å². The molecule has 0 aliphatic carbocycles. The van der Waals surface area contributed by atoms with Gasteiger partial charge in [-0.2, -0.15) is 0 Å². The van der Waals surface area contributed by atoms with Crippen LogP contribution in [0.1, 0.15) is 58.6 Å². The number of hydrogen-bond acceptors (Lipinski definition) is 5. The average molecular weight is 425 g/mol. The Labute approximate surface area is 176 Å². The molecule has 1 aliphatic heterocycles. The molecule has 30 heavy (non-hydrogen) atoms. The van der Waals surface area contributed by atoms with Crippen molar-refractivity contribution in [3.05, 3.63) is 69.6 Å². The first-order valence-electron chi connectivity index (χ1n) is 9.80. The normalized spacial score (nSPS) is 16.8. The van der Waals surface area contributed by atoms with Crippen molar-refractivity contribution < 1.29 is 13.6 Å². The second kappa shape index (κ2) is 6.77. The van der Waals surface area contributed by atoms with Crippen LogP contribution in [0.2, 0.25) is 0 Å². The fourth-order valence-electron chi connectivity index (χ4n) is 3.82. The second-order valence-corrected chi connectivity index (χ2v) is 9.53. The lowest BCUT2D eigenvalue weighted by Crippen LogP contribution is -2.40. The zero-order valence-corrected chi connectivity index (χ0v) is 17.7. The van der Waals surface area contributed by atoms with Crippen LogP contribution >= 0.6 is 11.3 Å². The molecule has 0 fully saturated rings. The average Bonchev–Trinajstić information content (AvgIpc) is 3.44. The molecule has 6 nitrogen and oxygen atoms in total. The topological polar surface area (TPSA) is 75.0 Å². The van der Waals surface area contributed by atoms with E-state index in [-0.39, 0.29) is 17.1 Å². The minimum Gasteiger partial charge on any atom is -0.458 e. The summed E-state index contributed by atoms with van der Waals surface area (Å²) in [5, 5.41) is 1.31. The number of aromatic nitrogens is 3. The Kier molecular flexibility index (Phi) is 4.28. The van der Waals surface area contributed by atoms with E-state index in [4.69, 9.17) is 4.42 Å². The molecule has 154 valence electrons. The molecular formula is C22H21FN4O2S. The van der Waals surface area contributed by atoms with Gasteiger partial charge in [-0.25, -0.2) is 14.4 Å². The van der Waals surface area contributed by atoms with Gasteiger partial charge in [-0.1, -0.05) is 26.8 Å². The molecule has 0 unspecified atom stereocenters. The van der Waals surface area contributed by atoms with Gasteiger partial charge in [-0.15, -0.1) is 11.3 Å². The summed E-state index contributed by atoms with van der Waals surface area (Å²) in [4.78, 5) is 27.9. The lowest BCUT2D eigenvalue weighted by atomic mass is 9.98. The molecule has 0 saturated carbocycles. The maximum Gasteiger partial charge on any atom is 0.266 e. The number of benzene rings is 1. The summed E-state index contributed by atoms with van der Waals surface area (Å²) in [6.07, 6.45) is 3.93. The van der Waals surface area contributed by atoms with E-state index >= 15 is 0 Å². The lowest BCUT2D eigenvalue weighted by Gasteiger charge is -2.33. The number of halogens is 1. The van der Waals surface area contributed by atoms with Crippen molar-refractivity contribution in [2.45, 2.75) is 38.6 Å². The Morgan fingerprint density at radius 2 is 2.17 bits per heavy atom. The van der Waals surface area contributed by atoms with E-state index in [0.29, 0.717) is 34.6 Å². The maximum atomic E-state index is 14.3. The second-order valence-electron chi connectivity index (χ2n) is 8.50. The number of nitrogens with one attached hydrogen (secondary N) is 1. The quantitative estimate of drug-likeness (QED) is 0.500. The third-order valence-corrected chi connectivity index (χ3v) is 6.75. The Hall–Kier alpha value is -3.00. The molecule has 0 saturated heterocycles. The van der Waals surface area contributed by atoms with Gasteiger partial charge in [0.25, 0.3) is 5.91 Å². The monoisotopic (exact) mass is 424 g/mol. The highest BCUT2D eigenvalue weighted by molar-refractivity contribution is 7.13. The van der Waals surface area contributed by atoms with E-state index in [9.17, 15) is 9.18 Å². The summed E-state index contributed by atoms with van der Waals surface area (Å²) in [7, 11) is 0. The fraction of sp³-hybridized carbons (Fsp3) is 0.318. The summed E-state index contributed by atoms with van der Waals surface area (Å²) in [6, 6.07) is 5.88. The van der Waals surface area contributed by atoms with Crippen LogP contribution in [0.4, 0.5) is 4.39 Å². The third-order valence-electron chi connectivity index (χ3n) is 5.34. The summed E-state index contributed by atoms with van der Waals surface area (Å²) >= 11 is 1.41. The Balaban J connectivity index is 1.59. The van der Waals surface area contributed by atoms with Crippen molar-refractivity contribution in [2.24, 2.45) is 0 Å². The van der Waals surface area contributed by atoms with Crippen molar-refractivity contribution in [3.8, 4) is 0 Å². The maximum absolute atomic E-state index is 14.3. The van der Waals surface area contributed by atoms with E-state index in [1.54, 1.807) is 35.6 Å². The molecule has 0 spiro atoms. The standard InChI is InChI=1S/C22H21FN4O2S/c1-22(2,3)21-24-10-17(30-21)20(28)27-8-7-14-18(26-11-25-14)19(27)16-9-12-13(23)5-4-6-15(12)29-16/h4-6,9-11,19H,7-8H2,1-3H3,(H,25,26)/t19-/m1/s1. The minimum absolute atomic E-state index is 0.123. The molecule has 1 aromatic carbocycles. The number of nitrogens with zero attached hydrogens (tertiary/aromatic N) is 3. The van der Waals surface area contributed by atoms with Gasteiger partial charge >= 0.3 is 0 Å². The smallest absolute Gasteiger partial charge is 0.266 e. The number of carbonyl (C=O) groups is 1. The Bertz CT molecular complexity index is 1250. The van der Waals surface area contributed by atoms with Gasteiger partial charge in [0, 0.05) is 24.1 Å². The van der Waals surface area contributed by atoms with Crippen molar-refractivity contribution in [3.63, 3.8) is 0 Å². The van der Waals surface area contributed by atoms with Gasteiger partial charge in [-0.05, 0) is 18.2 Å². The number of imidazole rings is 1. The zero-order chi connectivity index (χ0) is 21.0. The Morgan fingerprint density at radius 3 is 2.90 bits per heavy atom. The van der Waals surface area contributed by atoms with Crippen LogP contribution in [0.5, 0.6) is 0 Å². The van der Waals surface area contributed by atoms with Gasteiger partial charge in [0.2, 0.25) is 0 Å². The van der Waals surface area contributed by atoms with Crippen LogP contribution in [0.3, 0.4) is 0 Å². The molecule has 4 aromatic rings. The van der Waals surface area contributed by atoms with Crippen molar-refractivity contribution in [1.29, 1.82) is 0 Å². The molecule has 1 atom stereocenters. The summed E-state index contributed by atoms with van der Waals surface area (Å²) in [5.74, 6) is 0.0235. The third kappa shape index (κ3) is 3.02. The van der Waals surface area contributed by atoms with Crippen LogP contribution in [-0.2, 0) is 11.8 Å². The number of amides is 1. The minimum atomic E-state index is -0.528. The molecule has 1 amide bonds. The first-order chi connectivity index (χ1) is 14.3. The molecule has 8 heteroatoms. The molecule has 0 radical (unpaired) electrons. The molecule has 3 aromatic heterocycles. The predicted octanol–water partition coefficient (Wildman–Crippen LogP) is 4.84.